The molecule has 1 aliphatic heterocycles. The second kappa shape index (κ2) is 8.62. The van der Waals surface area contributed by atoms with Gasteiger partial charge < -0.3 is 9.73 Å². The van der Waals surface area contributed by atoms with Crippen LogP contribution < -0.4 is 5.32 Å². The number of amides is 1. The first-order valence-electron chi connectivity index (χ1n) is 9.32. The number of halogens is 1. The highest BCUT2D eigenvalue weighted by atomic mass is 32.1. The third kappa shape index (κ3) is 4.28. The van der Waals surface area contributed by atoms with E-state index in [1.54, 1.807) is 29.5 Å². The molecule has 1 fully saturated rings. The monoisotopic (exact) mass is 400 g/mol. The van der Waals surface area contributed by atoms with Gasteiger partial charge in [0, 0.05) is 4.88 Å². The van der Waals surface area contributed by atoms with Crippen LogP contribution in [0.3, 0.4) is 0 Å². The van der Waals surface area contributed by atoms with Crippen molar-refractivity contribution in [3.8, 4) is 11.5 Å². The van der Waals surface area contributed by atoms with Gasteiger partial charge in [-0.3, -0.25) is 9.69 Å². The van der Waals surface area contributed by atoms with E-state index in [1.807, 2.05) is 17.5 Å². The number of aromatic nitrogens is 2. The SMILES string of the molecule is O=C(CN1CCCC[C@H]1c1nnc(-c2ccccc2F)o1)NCc1cccs1. The van der Waals surface area contributed by atoms with Crippen molar-refractivity contribution in [3.63, 3.8) is 0 Å². The fraction of sp³-hybridized carbons (Fsp3) is 0.350. The van der Waals surface area contributed by atoms with E-state index in [0.29, 0.717) is 12.4 Å². The minimum atomic E-state index is -0.397. The molecule has 0 radical (unpaired) electrons. The molecule has 3 aromatic rings. The molecule has 1 atom stereocenters. The van der Waals surface area contributed by atoms with E-state index in [-0.39, 0.29) is 29.9 Å². The summed E-state index contributed by atoms with van der Waals surface area (Å²) in [5.74, 6) is 0.171. The van der Waals surface area contributed by atoms with Gasteiger partial charge in [-0.15, -0.1) is 21.5 Å². The fourth-order valence-electron chi connectivity index (χ4n) is 3.41. The van der Waals surface area contributed by atoms with Crippen molar-refractivity contribution in [1.29, 1.82) is 0 Å². The highest BCUT2D eigenvalue weighted by molar-refractivity contribution is 7.09. The van der Waals surface area contributed by atoms with Gasteiger partial charge in [-0.2, -0.15) is 0 Å². The molecule has 6 nitrogen and oxygen atoms in total. The number of nitrogens with zero attached hydrogens (tertiary/aromatic N) is 3. The summed E-state index contributed by atoms with van der Waals surface area (Å²) < 4.78 is 19.8. The van der Waals surface area contributed by atoms with Gasteiger partial charge in [-0.05, 0) is 43.0 Å². The average Bonchev–Trinajstić information content (AvgIpc) is 3.39. The number of hydrogen-bond donors (Lipinski definition) is 1. The Morgan fingerprint density at radius 3 is 2.96 bits per heavy atom. The number of carbonyl (C=O) groups excluding carboxylic acids is 1. The molecule has 1 N–H and O–H groups in total. The summed E-state index contributed by atoms with van der Waals surface area (Å²) in [7, 11) is 0. The maximum absolute atomic E-state index is 14.0. The van der Waals surface area contributed by atoms with E-state index in [0.717, 1.165) is 30.7 Å². The number of piperidine rings is 1. The first kappa shape index (κ1) is 18.8. The molecule has 1 aliphatic rings. The van der Waals surface area contributed by atoms with E-state index >= 15 is 0 Å². The molecule has 0 spiro atoms. The minimum absolute atomic E-state index is 0.0332. The minimum Gasteiger partial charge on any atom is -0.419 e. The summed E-state index contributed by atoms with van der Waals surface area (Å²) in [4.78, 5) is 15.6. The maximum Gasteiger partial charge on any atom is 0.250 e. The van der Waals surface area contributed by atoms with Crippen LogP contribution in [0.2, 0.25) is 0 Å². The van der Waals surface area contributed by atoms with Gasteiger partial charge in [-0.25, -0.2) is 4.39 Å². The summed E-state index contributed by atoms with van der Waals surface area (Å²) in [5, 5.41) is 13.1. The van der Waals surface area contributed by atoms with Crippen molar-refractivity contribution in [3.05, 3.63) is 58.4 Å². The van der Waals surface area contributed by atoms with Crippen molar-refractivity contribution in [1.82, 2.24) is 20.4 Å². The van der Waals surface area contributed by atoms with Gasteiger partial charge in [0.25, 0.3) is 5.89 Å². The molecule has 0 unspecified atom stereocenters. The Kier molecular flexibility index (Phi) is 5.78. The topological polar surface area (TPSA) is 71.3 Å². The number of likely N-dealkylation sites (tertiary alicyclic amines) is 1. The summed E-state index contributed by atoms with van der Waals surface area (Å²) in [6.07, 6.45) is 2.87. The molecule has 2 aromatic heterocycles. The number of carbonyl (C=O) groups is 1. The average molecular weight is 400 g/mol. The zero-order valence-electron chi connectivity index (χ0n) is 15.3. The molecular formula is C20H21FN4O2S. The van der Waals surface area contributed by atoms with Crippen LogP contribution in [0.5, 0.6) is 0 Å². The molecule has 1 aromatic carbocycles. The van der Waals surface area contributed by atoms with Crippen molar-refractivity contribution < 1.29 is 13.6 Å². The van der Waals surface area contributed by atoms with E-state index < -0.39 is 5.82 Å². The van der Waals surface area contributed by atoms with Crippen LogP contribution in [0, 0.1) is 5.82 Å². The number of rotatable bonds is 6. The lowest BCUT2D eigenvalue weighted by Gasteiger charge is -2.32. The van der Waals surface area contributed by atoms with Crippen molar-refractivity contribution in [2.75, 3.05) is 13.1 Å². The standard InChI is InChI=1S/C20H21FN4O2S/c21-16-8-2-1-7-15(16)19-23-24-20(27-19)17-9-3-4-10-25(17)13-18(26)22-12-14-6-5-11-28-14/h1-2,5-8,11,17H,3-4,9-10,12-13H2,(H,22,26)/t17-/m0/s1. The Balaban J connectivity index is 1.44. The Morgan fingerprint density at radius 2 is 2.14 bits per heavy atom. The molecule has 1 amide bonds. The third-order valence-electron chi connectivity index (χ3n) is 4.83. The van der Waals surface area contributed by atoms with Crippen LogP contribution >= 0.6 is 11.3 Å². The summed E-state index contributed by atoms with van der Waals surface area (Å²) in [6.45, 7) is 1.59. The molecule has 146 valence electrons. The van der Waals surface area contributed by atoms with Gasteiger partial charge in [-0.1, -0.05) is 24.6 Å². The lowest BCUT2D eigenvalue weighted by molar-refractivity contribution is -0.123. The van der Waals surface area contributed by atoms with Gasteiger partial charge in [0.2, 0.25) is 11.8 Å². The number of hydrogen-bond acceptors (Lipinski definition) is 6. The van der Waals surface area contributed by atoms with E-state index in [4.69, 9.17) is 4.42 Å². The molecule has 0 bridgehead atoms. The normalized spacial score (nSPS) is 17.5. The molecule has 0 saturated carbocycles. The van der Waals surface area contributed by atoms with Crippen molar-refractivity contribution >= 4 is 17.2 Å². The second-order valence-corrected chi connectivity index (χ2v) is 7.80. The van der Waals surface area contributed by atoms with E-state index in [2.05, 4.69) is 20.4 Å². The van der Waals surface area contributed by atoms with Crippen LogP contribution in [-0.4, -0.2) is 34.1 Å². The molecule has 3 heterocycles. The van der Waals surface area contributed by atoms with Crippen LogP contribution in [0.4, 0.5) is 4.39 Å². The van der Waals surface area contributed by atoms with Gasteiger partial charge in [0.1, 0.15) is 5.82 Å². The largest absolute Gasteiger partial charge is 0.419 e. The van der Waals surface area contributed by atoms with Gasteiger partial charge in [0.05, 0.1) is 24.7 Å². The number of nitrogens with one attached hydrogen (secondary N) is 1. The quantitative estimate of drug-likeness (QED) is 0.682. The molecular weight excluding hydrogens is 379 g/mol. The zero-order chi connectivity index (χ0) is 19.3. The Bertz CT molecular complexity index is 928. The lowest BCUT2D eigenvalue weighted by Crippen LogP contribution is -2.41. The fourth-order valence-corrected chi connectivity index (χ4v) is 4.06. The number of thiophene rings is 1. The van der Waals surface area contributed by atoms with Gasteiger partial charge >= 0.3 is 0 Å². The molecule has 1 saturated heterocycles. The molecule has 4 rings (SSSR count). The van der Waals surface area contributed by atoms with E-state index in [9.17, 15) is 9.18 Å². The smallest absolute Gasteiger partial charge is 0.250 e. The predicted molar refractivity (Wildman–Crippen MR) is 104 cm³/mol. The molecule has 28 heavy (non-hydrogen) atoms. The first-order chi connectivity index (χ1) is 13.7. The highest BCUT2D eigenvalue weighted by Gasteiger charge is 2.30. The first-order valence-corrected chi connectivity index (χ1v) is 10.2. The third-order valence-corrected chi connectivity index (χ3v) is 5.71. The zero-order valence-corrected chi connectivity index (χ0v) is 16.1. The predicted octanol–water partition coefficient (Wildman–Crippen LogP) is 3.78. The van der Waals surface area contributed by atoms with Crippen molar-refractivity contribution in [2.45, 2.75) is 31.8 Å². The van der Waals surface area contributed by atoms with Crippen LogP contribution in [0.25, 0.3) is 11.5 Å². The van der Waals surface area contributed by atoms with Crippen LogP contribution in [0.1, 0.15) is 36.1 Å². The Morgan fingerprint density at radius 1 is 1.25 bits per heavy atom. The summed E-state index contributed by atoms with van der Waals surface area (Å²) in [6, 6.07) is 10.2. The summed E-state index contributed by atoms with van der Waals surface area (Å²) >= 11 is 1.62. The van der Waals surface area contributed by atoms with Gasteiger partial charge in [0.15, 0.2) is 0 Å². The summed E-state index contributed by atoms with van der Waals surface area (Å²) in [5.41, 5.74) is 0.289. The number of benzene rings is 1. The molecule has 8 heteroatoms. The maximum atomic E-state index is 14.0. The second-order valence-electron chi connectivity index (χ2n) is 6.76. The Labute approximate surface area is 166 Å². The van der Waals surface area contributed by atoms with Crippen LogP contribution in [-0.2, 0) is 11.3 Å². The van der Waals surface area contributed by atoms with E-state index in [1.165, 1.54) is 6.07 Å². The van der Waals surface area contributed by atoms with Crippen LogP contribution in [0.15, 0.2) is 46.2 Å². The molecule has 0 aliphatic carbocycles. The Hall–Kier alpha value is -2.58. The van der Waals surface area contributed by atoms with Crippen molar-refractivity contribution in [2.24, 2.45) is 0 Å². The highest BCUT2D eigenvalue weighted by Crippen LogP contribution is 2.32. The lowest BCUT2D eigenvalue weighted by atomic mass is 10.0.